The molecule has 1 spiro atoms. The first-order valence-electron chi connectivity index (χ1n) is 6.91. The molecule has 3 amide bonds. The minimum absolute atomic E-state index is 0.0235. The van der Waals surface area contributed by atoms with Crippen LogP contribution in [0.5, 0.6) is 0 Å². The number of carbonyl (C=O) groups excluding carboxylic acids is 2. The molecule has 1 unspecified atom stereocenters. The Morgan fingerprint density at radius 1 is 1.10 bits per heavy atom. The standard InChI is InChI=1S/C11H18N4O5S/c16-9-11(13-10(17)12-9)2-1-3-15(8-11)21(18,19)14-4-6-20-7-5-14/h1-8H2,(H2,12,13,16,17). The predicted molar refractivity (Wildman–Crippen MR) is 71.5 cm³/mol. The number of nitrogens with one attached hydrogen (secondary N) is 2. The Kier molecular flexibility index (Phi) is 3.64. The Morgan fingerprint density at radius 2 is 1.81 bits per heavy atom. The second-order valence-electron chi connectivity index (χ2n) is 5.45. The summed E-state index contributed by atoms with van der Waals surface area (Å²) in [4.78, 5) is 23.3. The van der Waals surface area contributed by atoms with Gasteiger partial charge in [0.1, 0.15) is 5.54 Å². The van der Waals surface area contributed by atoms with Crippen LogP contribution in [0.1, 0.15) is 12.8 Å². The largest absolute Gasteiger partial charge is 0.379 e. The first-order chi connectivity index (χ1) is 9.94. The average Bonchev–Trinajstić information content (AvgIpc) is 2.73. The molecule has 3 saturated heterocycles. The van der Waals surface area contributed by atoms with Crippen molar-refractivity contribution in [2.45, 2.75) is 18.4 Å². The van der Waals surface area contributed by atoms with Crippen LogP contribution in [0, 0.1) is 0 Å². The van der Waals surface area contributed by atoms with Gasteiger partial charge in [-0.3, -0.25) is 10.1 Å². The van der Waals surface area contributed by atoms with Crippen molar-refractivity contribution in [1.29, 1.82) is 0 Å². The highest BCUT2D eigenvalue weighted by Gasteiger charge is 2.51. The van der Waals surface area contributed by atoms with E-state index in [0.29, 0.717) is 45.7 Å². The molecule has 0 radical (unpaired) electrons. The first kappa shape index (κ1) is 14.7. The molecular formula is C11H18N4O5S. The third-order valence-electron chi connectivity index (χ3n) is 4.09. The third-order valence-corrected chi connectivity index (χ3v) is 6.08. The maximum atomic E-state index is 12.6. The number of piperidine rings is 1. The quantitative estimate of drug-likeness (QED) is 0.586. The zero-order valence-electron chi connectivity index (χ0n) is 11.5. The van der Waals surface area contributed by atoms with Crippen molar-refractivity contribution >= 4 is 22.1 Å². The van der Waals surface area contributed by atoms with Gasteiger partial charge >= 0.3 is 6.03 Å². The molecule has 0 aliphatic carbocycles. The smallest absolute Gasteiger partial charge is 0.322 e. The van der Waals surface area contributed by atoms with Gasteiger partial charge in [-0.05, 0) is 12.8 Å². The molecule has 0 aromatic rings. The number of hydrogen-bond donors (Lipinski definition) is 2. The Labute approximate surface area is 122 Å². The second-order valence-corrected chi connectivity index (χ2v) is 7.38. The maximum Gasteiger partial charge on any atom is 0.322 e. The number of urea groups is 1. The zero-order chi connectivity index (χ0) is 15.1. The summed E-state index contributed by atoms with van der Waals surface area (Å²) in [5, 5.41) is 4.76. The monoisotopic (exact) mass is 318 g/mol. The van der Waals surface area contributed by atoms with Gasteiger partial charge in [-0.15, -0.1) is 0 Å². The molecule has 9 nitrogen and oxygen atoms in total. The van der Waals surface area contributed by atoms with Crippen LogP contribution in [-0.2, 0) is 19.7 Å². The fourth-order valence-electron chi connectivity index (χ4n) is 2.97. The van der Waals surface area contributed by atoms with Crippen LogP contribution in [0.25, 0.3) is 0 Å². The maximum absolute atomic E-state index is 12.6. The highest BCUT2D eigenvalue weighted by Crippen LogP contribution is 2.27. The number of carbonyl (C=O) groups is 2. The van der Waals surface area contributed by atoms with Gasteiger partial charge < -0.3 is 10.1 Å². The molecule has 1 atom stereocenters. The van der Waals surface area contributed by atoms with E-state index in [1.165, 1.54) is 8.61 Å². The topological polar surface area (TPSA) is 108 Å². The van der Waals surface area contributed by atoms with E-state index in [-0.39, 0.29) is 6.54 Å². The Balaban J connectivity index is 1.79. The summed E-state index contributed by atoms with van der Waals surface area (Å²) >= 11 is 0. The molecule has 21 heavy (non-hydrogen) atoms. The number of morpholine rings is 1. The average molecular weight is 318 g/mol. The molecule has 3 fully saturated rings. The van der Waals surface area contributed by atoms with E-state index in [1.807, 2.05) is 0 Å². The van der Waals surface area contributed by atoms with Crippen LogP contribution >= 0.6 is 0 Å². The second kappa shape index (κ2) is 5.20. The van der Waals surface area contributed by atoms with E-state index >= 15 is 0 Å². The minimum atomic E-state index is -3.63. The molecule has 2 N–H and O–H groups in total. The molecule has 0 aromatic carbocycles. The van der Waals surface area contributed by atoms with Gasteiger partial charge in [0.2, 0.25) is 0 Å². The molecule has 118 valence electrons. The van der Waals surface area contributed by atoms with E-state index in [0.717, 1.165) is 0 Å². The number of amides is 3. The van der Waals surface area contributed by atoms with E-state index in [9.17, 15) is 18.0 Å². The van der Waals surface area contributed by atoms with Crippen molar-refractivity contribution in [3.8, 4) is 0 Å². The lowest BCUT2D eigenvalue weighted by molar-refractivity contribution is -0.125. The highest BCUT2D eigenvalue weighted by molar-refractivity contribution is 7.86. The fraction of sp³-hybridized carbons (Fsp3) is 0.818. The van der Waals surface area contributed by atoms with Gasteiger partial charge in [0.15, 0.2) is 0 Å². The zero-order valence-corrected chi connectivity index (χ0v) is 12.3. The lowest BCUT2D eigenvalue weighted by Gasteiger charge is -2.40. The van der Waals surface area contributed by atoms with Crippen LogP contribution < -0.4 is 10.6 Å². The van der Waals surface area contributed by atoms with E-state index < -0.39 is 27.7 Å². The van der Waals surface area contributed by atoms with Gasteiger partial charge in [0.05, 0.1) is 13.2 Å². The Bertz CT molecular complexity index is 559. The van der Waals surface area contributed by atoms with Crippen molar-refractivity contribution < 1.29 is 22.7 Å². The van der Waals surface area contributed by atoms with Crippen LogP contribution in [0.4, 0.5) is 4.79 Å². The van der Waals surface area contributed by atoms with Crippen LogP contribution in [-0.4, -0.2) is 73.9 Å². The molecule has 0 saturated carbocycles. The van der Waals surface area contributed by atoms with E-state index in [1.54, 1.807) is 0 Å². The van der Waals surface area contributed by atoms with Crippen LogP contribution in [0.2, 0.25) is 0 Å². The normalized spacial score (nSPS) is 32.2. The number of imide groups is 1. The molecular weight excluding hydrogens is 300 g/mol. The predicted octanol–water partition coefficient (Wildman–Crippen LogP) is -1.76. The van der Waals surface area contributed by atoms with Crippen molar-refractivity contribution in [1.82, 2.24) is 19.2 Å². The Hall–Kier alpha value is -1.23. The van der Waals surface area contributed by atoms with Gasteiger partial charge in [0, 0.05) is 26.2 Å². The SMILES string of the molecule is O=C1NC(=O)C2(CCCN(S(=O)(=O)N3CCOCC3)C2)N1. The summed E-state index contributed by atoms with van der Waals surface area (Å²) in [7, 11) is -3.63. The lowest BCUT2D eigenvalue weighted by Crippen LogP contribution is -2.61. The van der Waals surface area contributed by atoms with Crippen LogP contribution in [0.3, 0.4) is 0 Å². The third kappa shape index (κ3) is 2.52. The molecule has 10 heteroatoms. The highest BCUT2D eigenvalue weighted by atomic mass is 32.2. The van der Waals surface area contributed by atoms with E-state index in [2.05, 4.69) is 10.6 Å². The summed E-state index contributed by atoms with van der Waals surface area (Å²) in [6, 6.07) is -0.564. The van der Waals surface area contributed by atoms with Crippen molar-refractivity contribution in [2.75, 3.05) is 39.4 Å². The van der Waals surface area contributed by atoms with Crippen LogP contribution in [0.15, 0.2) is 0 Å². The number of rotatable bonds is 2. The summed E-state index contributed by atoms with van der Waals surface area (Å²) in [6.07, 6.45) is 0.969. The van der Waals surface area contributed by atoms with Gasteiger partial charge in [-0.2, -0.15) is 17.0 Å². The number of hydrogen-bond acceptors (Lipinski definition) is 5. The van der Waals surface area contributed by atoms with Gasteiger partial charge in [-0.1, -0.05) is 0 Å². The van der Waals surface area contributed by atoms with Crippen molar-refractivity contribution in [3.63, 3.8) is 0 Å². The summed E-state index contributed by atoms with van der Waals surface area (Å²) < 4.78 is 33.1. The summed E-state index contributed by atoms with van der Waals surface area (Å²) in [5.74, 6) is -0.450. The van der Waals surface area contributed by atoms with Gasteiger partial charge in [0.25, 0.3) is 16.1 Å². The Morgan fingerprint density at radius 3 is 2.43 bits per heavy atom. The molecule has 0 bridgehead atoms. The molecule has 3 rings (SSSR count). The molecule has 0 aromatic heterocycles. The van der Waals surface area contributed by atoms with Gasteiger partial charge in [-0.25, -0.2) is 4.79 Å². The number of nitrogens with zero attached hydrogens (tertiary/aromatic N) is 2. The molecule has 3 aliphatic heterocycles. The molecule has 3 heterocycles. The number of ether oxygens (including phenoxy) is 1. The van der Waals surface area contributed by atoms with Crippen molar-refractivity contribution in [2.24, 2.45) is 0 Å². The first-order valence-corrected chi connectivity index (χ1v) is 8.30. The minimum Gasteiger partial charge on any atom is -0.379 e. The fourth-order valence-corrected chi connectivity index (χ4v) is 4.65. The van der Waals surface area contributed by atoms with Crippen molar-refractivity contribution in [3.05, 3.63) is 0 Å². The summed E-state index contributed by atoms with van der Waals surface area (Å²) in [6.45, 7) is 1.69. The summed E-state index contributed by atoms with van der Waals surface area (Å²) in [5.41, 5.74) is -1.13. The van der Waals surface area contributed by atoms with E-state index in [4.69, 9.17) is 4.74 Å². The lowest BCUT2D eigenvalue weighted by atomic mass is 9.90. The molecule has 3 aliphatic rings.